The van der Waals surface area contributed by atoms with E-state index in [0.717, 1.165) is 38.2 Å². The highest BCUT2D eigenvalue weighted by atomic mass is 19.4. The fourth-order valence-electron chi connectivity index (χ4n) is 4.01. The van der Waals surface area contributed by atoms with Gasteiger partial charge in [-0.2, -0.15) is 18.3 Å². The summed E-state index contributed by atoms with van der Waals surface area (Å²) in [5.74, 6) is 0.195. The molecule has 1 amide bonds. The number of alkyl halides is 3. The summed E-state index contributed by atoms with van der Waals surface area (Å²) in [4.78, 5) is 18.9. The van der Waals surface area contributed by atoms with Crippen LogP contribution in [0.1, 0.15) is 48.3 Å². The number of methoxy groups -OCH3 is 1. The lowest BCUT2D eigenvalue weighted by Crippen LogP contribution is -2.38. The third-order valence-corrected chi connectivity index (χ3v) is 5.77. The molecule has 0 aliphatic heterocycles. The number of ether oxygens (including phenoxy) is 1. The van der Waals surface area contributed by atoms with Crippen molar-refractivity contribution in [3.63, 3.8) is 0 Å². The quantitative estimate of drug-likeness (QED) is 0.593. The van der Waals surface area contributed by atoms with Gasteiger partial charge in [0.1, 0.15) is 5.75 Å². The molecule has 1 aromatic carbocycles. The van der Waals surface area contributed by atoms with Crippen LogP contribution in [0.5, 0.6) is 5.75 Å². The summed E-state index contributed by atoms with van der Waals surface area (Å²) in [6.07, 6.45) is 0.341. The number of halogens is 3. The molecule has 0 spiro atoms. The van der Waals surface area contributed by atoms with E-state index in [4.69, 9.17) is 4.74 Å². The number of nitrogens with zero attached hydrogens (tertiary/aromatic N) is 4. The van der Waals surface area contributed by atoms with Gasteiger partial charge in [0.15, 0.2) is 17.0 Å². The standard InChI is InChI=1S/C22H23F3N4O2/c1-28(15-6-4-3-5-7-15)21(30)18-13-20-26-17(14-8-10-16(31-2)11-9-14)12-19(22(23,24)25)29(20)27-18/h8-13,15H,3-7H2,1-2H3. The van der Waals surface area contributed by atoms with Gasteiger partial charge in [0.25, 0.3) is 5.91 Å². The molecule has 1 saturated carbocycles. The molecular weight excluding hydrogens is 409 g/mol. The highest BCUT2D eigenvalue weighted by molar-refractivity contribution is 5.93. The number of rotatable bonds is 4. The Labute approximate surface area is 177 Å². The first-order chi connectivity index (χ1) is 14.8. The number of carbonyl (C=O) groups is 1. The van der Waals surface area contributed by atoms with E-state index >= 15 is 0 Å². The van der Waals surface area contributed by atoms with Crippen LogP contribution in [0.15, 0.2) is 36.4 Å². The van der Waals surface area contributed by atoms with Crippen molar-refractivity contribution in [2.45, 2.75) is 44.3 Å². The number of amides is 1. The summed E-state index contributed by atoms with van der Waals surface area (Å²) in [6, 6.07) is 8.92. The molecule has 0 N–H and O–H groups in total. The maximum absolute atomic E-state index is 13.8. The van der Waals surface area contributed by atoms with Crippen LogP contribution < -0.4 is 4.74 Å². The topological polar surface area (TPSA) is 59.7 Å². The van der Waals surface area contributed by atoms with Crippen LogP contribution in [0.3, 0.4) is 0 Å². The SMILES string of the molecule is COc1ccc(-c2cc(C(F)(F)F)n3nc(C(=O)N(C)C4CCCCC4)cc3n2)cc1. The minimum Gasteiger partial charge on any atom is -0.497 e. The first-order valence-electron chi connectivity index (χ1n) is 10.2. The smallest absolute Gasteiger partial charge is 0.433 e. The predicted octanol–water partition coefficient (Wildman–Crippen LogP) is 4.83. The van der Waals surface area contributed by atoms with Gasteiger partial charge in [-0.3, -0.25) is 4.79 Å². The zero-order valence-electron chi connectivity index (χ0n) is 17.3. The molecule has 0 radical (unpaired) electrons. The number of fused-ring (bicyclic) bond motifs is 1. The Morgan fingerprint density at radius 1 is 1.13 bits per heavy atom. The van der Waals surface area contributed by atoms with Gasteiger partial charge in [-0.15, -0.1) is 0 Å². The molecular formula is C22H23F3N4O2. The van der Waals surface area contributed by atoms with E-state index in [1.165, 1.54) is 13.2 Å². The third-order valence-electron chi connectivity index (χ3n) is 5.77. The molecule has 3 aromatic rings. The van der Waals surface area contributed by atoms with E-state index in [1.807, 2.05) is 0 Å². The molecule has 4 rings (SSSR count). The molecule has 0 unspecified atom stereocenters. The number of hydrogen-bond donors (Lipinski definition) is 0. The summed E-state index contributed by atoms with van der Waals surface area (Å²) in [6.45, 7) is 0. The van der Waals surface area contributed by atoms with Crippen LogP contribution in [-0.2, 0) is 6.18 Å². The largest absolute Gasteiger partial charge is 0.497 e. The van der Waals surface area contributed by atoms with Crippen molar-refractivity contribution in [1.82, 2.24) is 19.5 Å². The minimum absolute atomic E-state index is 0.0268. The maximum atomic E-state index is 13.8. The minimum atomic E-state index is -4.66. The molecule has 31 heavy (non-hydrogen) atoms. The van der Waals surface area contributed by atoms with E-state index in [0.29, 0.717) is 15.8 Å². The molecule has 1 aliphatic carbocycles. The van der Waals surface area contributed by atoms with Gasteiger partial charge in [-0.25, -0.2) is 9.50 Å². The van der Waals surface area contributed by atoms with Gasteiger partial charge in [0.05, 0.1) is 12.8 Å². The summed E-state index contributed by atoms with van der Waals surface area (Å²) >= 11 is 0. The molecule has 0 bridgehead atoms. The summed E-state index contributed by atoms with van der Waals surface area (Å²) in [7, 11) is 3.19. The first kappa shape index (κ1) is 21.1. The van der Waals surface area contributed by atoms with Crippen LogP contribution in [0, 0.1) is 0 Å². The van der Waals surface area contributed by atoms with Gasteiger partial charge in [-0.1, -0.05) is 19.3 Å². The Kier molecular flexibility index (Phi) is 5.60. The highest BCUT2D eigenvalue weighted by Crippen LogP contribution is 2.33. The van der Waals surface area contributed by atoms with Crippen LogP contribution in [0.25, 0.3) is 16.9 Å². The maximum Gasteiger partial charge on any atom is 0.433 e. The summed E-state index contributed by atoms with van der Waals surface area (Å²) in [5, 5.41) is 3.98. The molecule has 9 heteroatoms. The Bertz CT molecular complexity index is 1090. The van der Waals surface area contributed by atoms with Crippen molar-refractivity contribution >= 4 is 11.6 Å². The first-order valence-corrected chi connectivity index (χ1v) is 10.2. The number of carbonyl (C=O) groups excluding carboxylic acids is 1. The molecule has 164 valence electrons. The van der Waals surface area contributed by atoms with Crippen LogP contribution >= 0.6 is 0 Å². The Morgan fingerprint density at radius 2 is 1.81 bits per heavy atom. The van der Waals surface area contributed by atoms with Crippen molar-refractivity contribution in [3.05, 3.63) is 47.8 Å². The average Bonchev–Trinajstić information content (AvgIpc) is 3.21. The Morgan fingerprint density at radius 3 is 2.42 bits per heavy atom. The predicted molar refractivity (Wildman–Crippen MR) is 109 cm³/mol. The number of hydrogen-bond acceptors (Lipinski definition) is 4. The lowest BCUT2D eigenvalue weighted by molar-refractivity contribution is -0.142. The van der Waals surface area contributed by atoms with Crippen LogP contribution in [0.4, 0.5) is 13.2 Å². The van der Waals surface area contributed by atoms with Gasteiger partial charge in [0.2, 0.25) is 0 Å². The van der Waals surface area contributed by atoms with Crippen molar-refractivity contribution in [1.29, 1.82) is 0 Å². The Balaban J connectivity index is 1.75. The summed E-state index contributed by atoms with van der Waals surface area (Å²) < 4.78 is 47.2. The second kappa shape index (κ2) is 8.20. The number of aromatic nitrogens is 3. The zero-order chi connectivity index (χ0) is 22.2. The molecule has 0 atom stereocenters. The van der Waals surface area contributed by atoms with Crippen molar-refractivity contribution < 1.29 is 22.7 Å². The van der Waals surface area contributed by atoms with E-state index < -0.39 is 17.8 Å². The highest BCUT2D eigenvalue weighted by Gasteiger charge is 2.36. The van der Waals surface area contributed by atoms with Crippen LogP contribution in [0.2, 0.25) is 0 Å². The second-order valence-corrected chi connectivity index (χ2v) is 7.76. The molecule has 2 aromatic heterocycles. The fraction of sp³-hybridized carbons (Fsp3) is 0.409. The molecule has 1 fully saturated rings. The lowest BCUT2D eigenvalue weighted by atomic mass is 9.94. The van der Waals surface area contributed by atoms with E-state index in [-0.39, 0.29) is 23.1 Å². The number of benzene rings is 1. The van der Waals surface area contributed by atoms with Gasteiger partial charge < -0.3 is 9.64 Å². The molecule has 2 heterocycles. The van der Waals surface area contributed by atoms with Crippen molar-refractivity contribution in [3.8, 4) is 17.0 Å². The fourth-order valence-corrected chi connectivity index (χ4v) is 4.01. The van der Waals surface area contributed by atoms with Crippen molar-refractivity contribution in [2.75, 3.05) is 14.2 Å². The molecule has 6 nitrogen and oxygen atoms in total. The van der Waals surface area contributed by atoms with E-state index in [9.17, 15) is 18.0 Å². The second-order valence-electron chi connectivity index (χ2n) is 7.76. The van der Waals surface area contributed by atoms with Gasteiger partial charge in [-0.05, 0) is 43.2 Å². The zero-order valence-corrected chi connectivity index (χ0v) is 17.3. The Hall–Kier alpha value is -3.10. The van der Waals surface area contributed by atoms with E-state index in [1.54, 1.807) is 36.2 Å². The molecule has 0 saturated heterocycles. The normalized spacial score (nSPS) is 15.3. The average molecular weight is 432 g/mol. The van der Waals surface area contributed by atoms with Crippen LogP contribution in [-0.4, -0.2) is 45.6 Å². The monoisotopic (exact) mass is 432 g/mol. The molecule has 1 aliphatic rings. The van der Waals surface area contributed by atoms with Gasteiger partial charge in [0, 0.05) is 24.7 Å². The lowest BCUT2D eigenvalue weighted by Gasteiger charge is -2.30. The van der Waals surface area contributed by atoms with E-state index in [2.05, 4.69) is 10.1 Å². The van der Waals surface area contributed by atoms with Crippen molar-refractivity contribution in [2.24, 2.45) is 0 Å². The third kappa shape index (κ3) is 4.22. The van der Waals surface area contributed by atoms with Gasteiger partial charge >= 0.3 is 6.18 Å². The summed E-state index contributed by atoms with van der Waals surface area (Å²) in [5.41, 5.74) is -0.411.